The van der Waals surface area contributed by atoms with Gasteiger partial charge in [0.2, 0.25) is 5.91 Å². The molecule has 2 aromatic heterocycles. The lowest BCUT2D eigenvalue weighted by Crippen LogP contribution is -2.51. The molecule has 2 amide bonds. The zero-order valence-corrected chi connectivity index (χ0v) is 16.8. The second-order valence-electron chi connectivity index (χ2n) is 7.61. The average molecular weight is 399 g/mol. The van der Waals surface area contributed by atoms with Crippen LogP contribution in [0.3, 0.4) is 0 Å². The van der Waals surface area contributed by atoms with E-state index in [4.69, 9.17) is 4.42 Å². The summed E-state index contributed by atoms with van der Waals surface area (Å²) in [5.74, 6) is 0.0217. The Hall–Kier alpha value is -3.80. The zero-order chi connectivity index (χ0) is 20.8. The minimum Gasteiger partial charge on any atom is -0.459 e. The molecule has 0 bridgehead atoms. The molecule has 1 atom stereocenters. The fourth-order valence-electron chi connectivity index (χ4n) is 4.24. The Bertz CT molecular complexity index is 1260. The first-order valence-electron chi connectivity index (χ1n) is 9.89. The third-order valence-corrected chi connectivity index (χ3v) is 5.62. The molecule has 0 radical (unpaired) electrons. The van der Waals surface area contributed by atoms with Gasteiger partial charge < -0.3 is 19.2 Å². The summed E-state index contributed by atoms with van der Waals surface area (Å²) in [6.07, 6.45) is 3.41. The number of aromatic nitrogens is 1. The summed E-state index contributed by atoms with van der Waals surface area (Å²) in [6, 6.07) is 17.3. The maximum atomic E-state index is 13.2. The first-order chi connectivity index (χ1) is 14.5. The van der Waals surface area contributed by atoms with Crippen LogP contribution in [-0.4, -0.2) is 29.4 Å². The summed E-state index contributed by atoms with van der Waals surface area (Å²) in [7, 11) is 0. The fraction of sp³-hybridized carbons (Fsp3) is 0.167. The molecule has 2 aromatic carbocycles. The Labute approximate surface area is 173 Å². The number of furan rings is 1. The van der Waals surface area contributed by atoms with Crippen LogP contribution in [0.5, 0.6) is 0 Å². The number of benzene rings is 2. The van der Waals surface area contributed by atoms with Crippen molar-refractivity contribution in [3.05, 3.63) is 72.8 Å². The Kier molecular flexibility index (Phi) is 4.20. The highest BCUT2D eigenvalue weighted by Crippen LogP contribution is 2.40. The van der Waals surface area contributed by atoms with E-state index in [0.29, 0.717) is 12.2 Å². The number of H-pyrrole nitrogens is 1. The quantitative estimate of drug-likeness (QED) is 0.525. The van der Waals surface area contributed by atoms with Crippen molar-refractivity contribution in [3.63, 3.8) is 0 Å². The SMILES string of the molecule is CC(=O)N1c2ccc(-c3ccc4[nH]ccc4c3)cc2N(C(=O)c2ccco2)C[C@@H]1C. The second kappa shape index (κ2) is 6.91. The predicted molar refractivity (Wildman–Crippen MR) is 117 cm³/mol. The van der Waals surface area contributed by atoms with Gasteiger partial charge in [-0.3, -0.25) is 9.59 Å². The van der Waals surface area contributed by atoms with Crippen molar-refractivity contribution < 1.29 is 14.0 Å². The number of hydrogen-bond donors (Lipinski definition) is 1. The molecule has 1 aliphatic rings. The van der Waals surface area contributed by atoms with Crippen LogP contribution in [-0.2, 0) is 4.79 Å². The molecule has 1 aliphatic heterocycles. The van der Waals surface area contributed by atoms with Crippen molar-refractivity contribution in [2.24, 2.45) is 0 Å². The Morgan fingerprint density at radius 1 is 1.03 bits per heavy atom. The number of carbonyl (C=O) groups excluding carboxylic acids is 2. The van der Waals surface area contributed by atoms with E-state index in [-0.39, 0.29) is 23.6 Å². The van der Waals surface area contributed by atoms with Crippen LogP contribution in [0.15, 0.2) is 71.5 Å². The molecule has 0 saturated heterocycles. The minimum absolute atomic E-state index is 0.0460. The second-order valence-corrected chi connectivity index (χ2v) is 7.61. The third-order valence-electron chi connectivity index (χ3n) is 5.62. The molecule has 1 N–H and O–H groups in total. The molecule has 0 aliphatic carbocycles. The predicted octanol–water partition coefficient (Wildman–Crippen LogP) is 4.83. The van der Waals surface area contributed by atoms with Crippen LogP contribution in [0.1, 0.15) is 24.4 Å². The highest BCUT2D eigenvalue weighted by molar-refractivity contribution is 6.10. The molecule has 0 spiro atoms. The zero-order valence-electron chi connectivity index (χ0n) is 16.8. The maximum Gasteiger partial charge on any atom is 0.294 e. The number of carbonyl (C=O) groups is 2. The lowest BCUT2D eigenvalue weighted by atomic mass is 9.99. The summed E-state index contributed by atoms with van der Waals surface area (Å²) in [6.45, 7) is 3.89. The first kappa shape index (κ1) is 18.2. The topological polar surface area (TPSA) is 69.6 Å². The van der Waals surface area contributed by atoms with Gasteiger partial charge in [-0.05, 0) is 65.9 Å². The summed E-state index contributed by atoms with van der Waals surface area (Å²) < 4.78 is 5.35. The van der Waals surface area contributed by atoms with E-state index in [1.165, 1.54) is 6.26 Å². The number of hydrogen-bond acceptors (Lipinski definition) is 3. The summed E-state index contributed by atoms with van der Waals surface area (Å²) in [5.41, 5.74) is 4.53. The summed E-state index contributed by atoms with van der Waals surface area (Å²) in [5, 5.41) is 1.12. The summed E-state index contributed by atoms with van der Waals surface area (Å²) >= 11 is 0. The molecular weight excluding hydrogens is 378 g/mol. The molecule has 0 unspecified atom stereocenters. The van der Waals surface area contributed by atoms with E-state index >= 15 is 0 Å². The molecule has 3 heterocycles. The van der Waals surface area contributed by atoms with Gasteiger partial charge in [-0.1, -0.05) is 12.1 Å². The number of aromatic amines is 1. The largest absolute Gasteiger partial charge is 0.459 e. The Morgan fingerprint density at radius 2 is 1.83 bits per heavy atom. The molecule has 6 heteroatoms. The highest BCUT2D eigenvalue weighted by atomic mass is 16.3. The molecule has 30 heavy (non-hydrogen) atoms. The van der Waals surface area contributed by atoms with Crippen LogP contribution < -0.4 is 9.80 Å². The van der Waals surface area contributed by atoms with Crippen LogP contribution in [0.4, 0.5) is 11.4 Å². The number of fused-ring (bicyclic) bond motifs is 2. The minimum atomic E-state index is -0.213. The lowest BCUT2D eigenvalue weighted by molar-refractivity contribution is -0.117. The van der Waals surface area contributed by atoms with Crippen molar-refractivity contribution in [2.45, 2.75) is 19.9 Å². The normalized spacial score (nSPS) is 16.0. The van der Waals surface area contributed by atoms with E-state index < -0.39 is 0 Å². The Balaban J connectivity index is 1.65. The number of rotatable bonds is 2. The van der Waals surface area contributed by atoms with E-state index in [9.17, 15) is 9.59 Å². The van der Waals surface area contributed by atoms with E-state index in [1.54, 1.807) is 28.9 Å². The fourth-order valence-corrected chi connectivity index (χ4v) is 4.24. The van der Waals surface area contributed by atoms with Gasteiger partial charge in [-0.25, -0.2) is 0 Å². The van der Waals surface area contributed by atoms with Crippen LogP contribution >= 0.6 is 0 Å². The number of anilines is 2. The number of nitrogens with zero attached hydrogens (tertiary/aromatic N) is 2. The molecule has 4 aromatic rings. The van der Waals surface area contributed by atoms with E-state index in [2.05, 4.69) is 11.1 Å². The average Bonchev–Trinajstić information content (AvgIpc) is 3.43. The lowest BCUT2D eigenvalue weighted by Gasteiger charge is -2.40. The van der Waals surface area contributed by atoms with Crippen molar-refractivity contribution in [1.82, 2.24) is 4.98 Å². The standard InChI is InChI=1S/C24H21N3O3/c1-15-14-26(24(29)23-4-3-11-30-23)22-13-18(6-8-21(22)27(15)16(2)28)17-5-7-20-19(12-17)9-10-25-20/h3-13,15,25H,14H2,1-2H3/t15-/m0/s1. The monoisotopic (exact) mass is 399 g/mol. The third kappa shape index (κ3) is 2.88. The Morgan fingerprint density at radius 3 is 2.60 bits per heavy atom. The number of nitrogens with one attached hydrogen (secondary N) is 1. The van der Waals surface area contributed by atoms with Gasteiger partial charge >= 0.3 is 0 Å². The van der Waals surface area contributed by atoms with Gasteiger partial charge in [0.15, 0.2) is 5.76 Å². The van der Waals surface area contributed by atoms with Gasteiger partial charge in [0.1, 0.15) is 0 Å². The molecule has 150 valence electrons. The van der Waals surface area contributed by atoms with Gasteiger partial charge in [0, 0.05) is 25.2 Å². The van der Waals surface area contributed by atoms with Crippen molar-refractivity contribution in [1.29, 1.82) is 0 Å². The highest BCUT2D eigenvalue weighted by Gasteiger charge is 2.34. The molecule has 5 rings (SSSR count). The van der Waals surface area contributed by atoms with Crippen molar-refractivity contribution in [3.8, 4) is 11.1 Å². The molecule has 6 nitrogen and oxygen atoms in total. The number of amides is 2. The molecule has 0 saturated carbocycles. The maximum absolute atomic E-state index is 13.2. The van der Waals surface area contributed by atoms with Crippen molar-refractivity contribution in [2.75, 3.05) is 16.3 Å². The van der Waals surface area contributed by atoms with Crippen molar-refractivity contribution >= 4 is 34.1 Å². The van der Waals surface area contributed by atoms with E-state index in [0.717, 1.165) is 27.7 Å². The van der Waals surface area contributed by atoms with E-state index in [1.807, 2.05) is 49.5 Å². The van der Waals surface area contributed by atoms with Gasteiger partial charge in [-0.15, -0.1) is 0 Å². The first-order valence-corrected chi connectivity index (χ1v) is 9.89. The van der Waals surface area contributed by atoms with Gasteiger partial charge in [0.25, 0.3) is 5.91 Å². The molecule has 0 fully saturated rings. The molecular formula is C24H21N3O3. The van der Waals surface area contributed by atoms with Crippen LogP contribution in [0.2, 0.25) is 0 Å². The van der Waals surface area contributed by atoms with Crippen LogP contribution in [0.25, 0.3) is 22.0 Å². The smallest absolute Gasteiger partial charge is 0.294 e. The van der Waals surface area contributed by atoms with Gasteiger partial charge in [-0.2, -0.15) is 0 Å². The van der Waals surface area contributed by atoms with Crippen LogP contribution in [0, 0.1) is 0 Å². The summed E-state index contributed by atoms with van der Waals surface area (Å²) in [4.78, 5) is 32.2. The van der Waals surface area contributed by atoms with Gasteiger partial charge in [0.05, 0.1) is 23.7 Å².